The smallest absolute Gasteiger partial charge is 0.251 e. The van der Waals surface area contributed by atoms with E-state index >= 15 is 0 Å². The summed E-state index contributed by atoms with van der Waals surface area (Å²) in [7, 11) is 0. The molecule has 1 aliphatic rings. The Balaban J connectivity index is 1.59. The zero-order valence-corrected chi connectivity index (χ0v) is 16.9. The lowest BCUT2D eigenvalue weighted by molar-refractivity contribution is 0.0940. The third-order valence-corrected chi connectivity index (χ3v) is 5.56. The molecule has 1 amide bonds. The summed E-state index contributed by atoms with van der Waals surface area (Å²) in [5, 5.41) is 3.13. The van der Waals surface area contributed by atoms with Crippen LogP contribution in [0.25, 0.3) is 0 Å². The number of carbonyl (C=O) groups is 1. The summed E-state index contributed by atoms with van der Waals surface area (Å²) in [4.78, 5) is 15.2. The summed E-state index contributed by atoms with van der Waals surface area (Å²) < 4.78 is 0. The highest BCUT2D eigenvalue weighted by Crippen LogP contribution is 2.19. The van der Waals surface area contributed by atoms with Crippen LogP contribution >= 0.6 is 0 Å². The van der Waals surface area contributed by atoms with Crippen molar-refractivity contribution in [2.24, 2.45) is 0 Å². The maximum absolute atomic E-state index is 12.6. The van der Waals surface area contributed by atoms with Crippen LogP contribution in [0.4, 0.5) is 0 Å². The Hall–Kier alpha value is -2.13. The Bertz CT molecular complexity index is 758. The Labute approximate surface area is 163 Å². The van der Waals surface area contributed by atoms with Crippen LogP contribution in [-0.2, 0) is 6.54 Å². The predicted molar refractivity (Wildman–Crippen MR) is 112 cm³/mol. The van der Waals surface area contributed by atoms with E-state index in [0.717, 1.165) is 12.1 Å². The number of nitrogens with zero attached hydrogens (tertiary/aromatic N) is 1. The number of benzene rings is 2. The zero-order valence-electron chi connectivity index (χ0n) is 16.9. The normalized spacial score (nSPS) is 16.6. The molecule has 3 heteroatoms. The molecule has 0 aliphatic carbocycles. The number of aryl methyl sites for hydroxylation is 2. The topological polar surface area (TPSA) is 32.3 Å². The number of nitrogens with one attached hydrogen (secondary N) is 1. The number of likely N-dealkylation sites (tertiary alicyclic amines) is 1. The summed E-state index contributed by atoms with van der Waals surface area (Å²) in [6.07, 6.45) is 5.32. The van der Waals surface area contributed by atoms with Crippen LogP contribution in [-0.4, -0.2) is 23.9 Å². The van der Waals surface area contributed by atoms with Gasteiger partial charge >= 0.3 is 0 Å². The second-order valence-corrected chi connectivity index (χ2v) is 7.94. The molecule has 0 unspecified atom stereocenters. The van der Waals surface area contributed by atoms with E-state index in [0.29, 0.717) is 0 Å². The van der Waals surface area contributed by atoms with Crippen LogP contribution in [0.2, 0.25) is 0 Å². The van der Waals surface area contributed by atoms with Crippen LogP contribution in [0.15, 0.2) is 42.5 Å². The number of hydrogen-bond acceptors (Lipinski definition) is 2. The first kappa shape index (κ1) is 19.6. The van der Waals surface area contributed by atoms with Gasteiger partial charge in [-0.25, -0.2) is 0 Å². The molecule has 1 saturated heterocycles. The maximum Gasteiger partial charge on any atom is 0.251 e. The van der Waals surface area contributed by atoms with Crippen molar-refractivity contribution in [3.63, 3.8) is 0 Å². The molecule has 1 aliphatic heterocycles. The van der Waals surface area contributed by atoms with E-state index in [4.69, 9.17) is 0 Å². The second-order valence-electron chi connectivity index (χ2n) is 7.94. The van der Waals surface area contributed by atoms with Crippen molar-refractivity contribution in [3.05, 3.63) is 70.3 Å². The fourth-order valence-corrected chi connectivity index (χ4v) is 3.98. The predicted octanol–water partition coefficient (Wildman–Crippen LogP) is 5.17. The molecule has 2 aromatic rings. The van der Waals surface area contributed by atoms with Gasteiger partial charge in [0, 0.05) is 12.1 Å². The largest absolute Gasteiger partial charge is 0.346 e. The minimum absolute atomic E-state index is 0.00474. The van der Waals surface area contributed by atoms with Gasteiger partial charge in [-0.15, -0.1) is 0 Å². The highest BCUT2D eigenvalue weighted by molar-refractivity contribution is 5.94. The first-order chi connectivity index (χ1) is 13.0. The van der Waals surface area contributed by atoms with E-state index in [-0.39, 0.29) is 11.9 Å². The molecular weight excluding hydrogens is 332 g/mol. The molecule has 27 heavy (non-hydrogen) atoms. The number of carbonyl (C=O) groups excluding carboxylic acids is 1. The molecule has 3 rings (SSSR count). The average molecular weight is 365 g/mol. The van der Waals surface area contributed by atoms with Gasteiger partial charge in [0.15, 0.2) is 0 Å². The highest BCUT2D eigenvalue weighted by Gasteiger charge is 2.14. The van der Waals surface area contributed by atoms with Gasteiger partial charge in [-0.05, 0) is 75.5 Å². The van der Waals surface area contributed by atoms with Crippen molar-refractivity contribution in [2.75, 3.05) is 13.1 Å². The monoisotopic (exact) mass is 364 g/mol. The number of hydrogen-bond donors (Lipinski definition) is 1. The summed E-state index contributed by atoms with van der Waals surface area (Å²) in [6, 6.07) is 14.5. The lowest BCUT2D eigenvalue weighted by Crippen LogP contribution is -2.27. The van der Waals surface area contributed by atoms with Crippen LogP contribution in [0.5, 0.6) is 0 Å². The molecule has 1 atom stereocenters. The van der Waals surface area contributed by atoms with Crippen LogP contribution in [0, 0.1) is 13.8 Å². The molecule has 3 nitrogen and oxygen atoms in total. The van der Waals surface area contributed by atoms with Crippen molar-refractivity contribution in [3.8, 4) is 0 Å². The summed E-state index contributed by atoms with van der Waals surface area (Å²) >= 11 is 0. The van der Waals surface area contributed by atoms with E-state index in [2.05, 4.69) is 54.4 Å². The van der Waals surface area contributed by atoms with Crippen molar-refractivity contribution < 1.29 is 4.79 Å². The van der Waals surface area contributed by atoms with Gasteiger partial charge in [-0.3, -0.25) is 9.69 Å². The fourth-order valence-electron chi connectivity index (χ4n) is 3.98. The summed E-state index contributed by atoms with van der Waals surface area (Å²) in [6.45, 7) is 9.60. The fraction of sp³-hybridized carbons (Fsp3) is 0.458. The molecule has 1 heterocycles. The van der Waals surface area contributed by atoms with Crippen LogP contribution in [0.3, 0.4) is 0 Å². The molecule has 1 N–H and O–H groups in total. The van der Waals surface area contributed by atoms with E-state index < -0.39 is 0 Å². The second kappa shape index (κ2) is 9.18. The number of amides is 1. The molecule has 0 spiro atoms. The van der Waals surface area contributed by atoms with Crippen LogP contribution in [0.1, 0.15) is 71.3 Å². The van der Waals surface area contributed by atoms with Crippen molar-refractivity contribution in [1.29, 1.82) is 0 Å². The molecule has 144 valence electrons. The van der Waals surface area contributed by atoms with Gasteiger partial charge in [0.1, 0.15) is 0 Å². The standard InChI is InChI=1S/C24H32N2O/c1-18-8-13-23(19(2)16-18)20(3)25-24(27)22-11-9-21(10-12-22)17-26-14-6-4-5-7-15-26/h8-13,16,20H,4-7,14-15,17H2,1-3H3,(H,25,27)/t20-/m1/s1. The van der Waals surface area contributed by atoms with Gasteiger partial charge in [0.2, 0.25) is 0 Å². The average Bonchev–Trinajstić information content (AvgIpc) is 2.91. The molecule has 0 aromatic heterocycles. The SMILES string of the molecule is Cc1ccc([C@@H](C)NC(=O)c2ccc(CN3CCCCCC3)cc2)c(C)c1. The first-order valence-corrected chi connectivity index (χ1v) is 10.2. The third-order valence-electron chi connectivity index (χ3n) is 5.56. The molecule has 0 radical (unpaired) electrons. The molecule has 2 aromatic carbocycles. The van der Waals surface area contributed by atoms with Crippen molar-refractivity contribution in [2.45, 2.75) is 59.0 Å². The Morgan fingerprint density at radius 2 is 1.67 bits per heavy atom. The van der Waals surface area contributed by atoms with E-state index in [1.807, 2.05) is 19.1 Å². The minimum atomic E-state index is -0.0104. The quantitative estimate of drug-likeness (QED) is 0.794. The Morgan fingerprint density at radius 1 is 1.00 bits per heavy atom. The molecule has 0 bridgehead atoms. The van der Waals surface area contributed by atoms with Gasteiger partial charge in [0.25, 0.3) is 5.91 Å². The lowest BCUT2D eigenvalue weighted by Gasteiger charge is -2.20. The van der Waals surface area contributed by atoms with Gasteiger partial charge in [-0.1, -0.05) is 48.7 Å². The van der Waals surface area contributed by atoms with E-state index in [9.17, 15) is 4.79 Å². The lowest BCUT2D eigenvalue weighted by atomic mass is 10.00. The van der Waals surface area contributed by atoms with Crippen LogP contribution < -0.4 is 5.32 Å². The maximum atomic E-state index is 12.6. The highest BCUT2D eigenvalue weighted by atomic mass is 16.1. The minimum Gasteiger partial charge on any atom is -0.346 e. The zero-order chi connectivity index (χ0) is 19.2. The van der Waals surface area contributed by atoms with E-state index in [1.54, 1.807) is 0 Å². The third kappa shape index (κ3) is 5.43. The first-order valence-electron chi connectivity index (χ1n) is 10.2. The van der Waals surface area contributed by atoms with Crippen molar-refractivity contribution >= 4 is 5.91 Å². The molecule has 0 saturated carbocycles. The molecule has 1 fully saturated rings. The Morgan fingerprint density at radius 3 is 2.30 bits per heavy atom. The van der Waals surface area contributed by atoms with Crippen molar-refractivity contribution in [1.82, 2.24) is 10.2 Å². The number of rotatable bonds is 5. The summed E-state index contributed by atoms with van der Waals surface area (Å²) in [5.74, 6) is -0.0104. The molecular formula is C24H32N2O. The van der Waals surface area contributed by atoms with Gasteiger partial charge in [-0.2, -0.15) is 0 Å². The van der Waals surface area contributed by atoms with Gasteiger partial charge in [0.05, 0.1) is 6.04 Å². The summed E-state index contributed by atoms with van der Waals surface area (Å²) in [5.41, 5.74) is 5.65. The van der Waals surface area contributed by atoms with Gasteiger partial charge < -0.3 is 5.32 Å². The van der Waals surface area contributed by atoms with E-state index in [1.165, 1.54) is 61.0 Å². The Kier molecular flexibility index (Phi) is 6.68.